The zero-order valence-electron chi connectivity index (χ0n) is 9.58. The standard InChI is InChI=1S/C12H18N2O2/c1-8(2)12(15)16-6-5-9-3-4-10(13)11(14)7-9/h7H,1,3-6,13-14H2,2H3. The van der Waals surface area contributed by atoms with E-state index in [1.54, 1.807) is 6.92 Å². The molecule has 0 aromatic heterocycles. The van der Waals surface area contributed by atoms with Crippen molar-refractivity contribution in [2.24, 2.45) is 11.5 Å². The van der Waals surface area contributed by atoms with Crippen LogP contribution in [0.25, 0.3) is 0 Å². The molecule has 88 valence electrons. The lowest BCUT2D eigenvalue weighted by atomic mass is 9.99. The minimum absolute atomic E-state index is 0.348. The molecule has 0 fully saturated rings. The largest absolute Gasteiger partial charge is 0.462 e. The van der Waals surface area contributed by atoms with Gasteiger partial charge in [-0.3, -0.25) is 0 Å². The molecule has 0 radical (unpaired) electrons. The molecule has 0 bridgehead atoms. The summed E-state index contributed by atoms with van der Waals surface area (Å²) in [5.41, 5.74) is 14.3. The molecule has 0 aliphatic heterocycles. The van der Waals surface area contributed by atoms with Crippen LogP contribution in [0.1, 0.15) is 26.2 Å². The Morgan fingerprint density at radius 1 is 1.50 bits per heavy atom. The average Bonchev–Trinajstić information content (AvgIpc) is 2.23. The monoisotopic (exact) mass is 222 g/mol. The molecule has 0 unspecified atom stereocenters. The zero-order chi connectivity index (χ0) is 12.1. The van der Waals surface area contributed by atoms with Gasteiger partial charge in [0.05, 0.1) is 12.3 Å². The average molecular weight is 222 g/mol. The van der Waals surface area contributed by atoms with Gasteiger partial charge in [-0.15, -0.1) is 0 Å². The van der Waals surface area contributed by atoms with Crippen molar-refractivity contribution >= 4 is 5.97 Å². The third-order valence-electron chi connectivity index (χ3n) is 2.45. The van der Waals surface area contributed by atoms with Crippen LogP contribution in [0.2, 0.25) is 0 Å². The van der Waals surface area contributed by atoms with Gasteiger partial charge in [-0.05, 0) is 25.8 Å². The topological polar surface area (TPSA) is 78.3 Å². The second-order valence-corrected chi connectivity index (χ2v) is 3.95. The maximum Gasteiger partial charge on any atom is 0.333 e. The van der Waals surface area contributed by atoms with Gasteiger partial charge in [0.2, 0.25) is 0 Å². The maximum absolute atomic E-state index is 11.1. The lowest BCUT2D eigenvalue weighted by molar-refractivity contribution is -0.138. The number of rotatable bonds is 4. The quantitative estimate of drug-likeness (QED) is 0.556. The number of carbonyl (C=O) groups excluding carboxylic acids is 1. The molecule has 0 atom stereocenters. The highest BCUT2D eigenvalue weighted by atomic mass is 16.5. The van der Waals surface area contributed by atoms with Gasteiger partial charge in [-0.1, -0.05) is 12.2 Å². The van der Waals surface area contributed by atoms with Crippen LogP contribution in [-0.2, 0) is 9.53 Å². The van der Waals surface area contributed by atoms with Crippen LogP contribution >= 0.6 is 0 Å². The molecule has 0 aromatic carbocycles. The van der Waals surface area contributed by atoms with Crippen molar-refractivity contribution < 1.29 is 9.53 Å². The van der Waals surface area contributed by atoms with E-state index in [1.165, 1.54) is 5.57 Å². The van der Waals surface area contributed by atoms with Crippen LogP contribution in [0.15, 0.2) is 35.2 Å². The van der Waals surface area contributed by atoms with E-state index in [4.69, 9.17) is 16.2 Å². The predicted molar refractivity (Wildman–Crippen MR) is 63.1 cm³/mol. The third-order valence-corrected chi connectivity index (χ3v) is 2.45. The summed E-state index contributed by atoms with van der Waals surface area (Å²) < 4.78 is 5.00. The first kappa shape index (κ1) is 12.4. The van der Waals surface area contributed by atoms with E-state index < -0.39 is 0 Å². The second-order valence-electron chi connectivity index (χ2n) is 3.95. The van der Waals surface area contributed by atoms with Crippen LogP contribution < -0.4 is 11.5 Å². The summed E-state index contributed by atoms with van der Waals surface area (Å²) in [5, 5.41) is 0. The van der Waals surface area contributed by atoms with E-state index in [2.05, 4.69) is 6.58 Å². The lowest BCUT2D eigenvalue weighted by Gasteiger charge is -2.15. The van der Waals surface area contributed by atoms with Crippen molar-refractivity contribution in [3.63, 3.8) is 0 Å². The Balaban J connectivity index is 2.37. The number of hydrogen-bond donors (Lipinski definition) is 2. The molecule has 4 nitrogen and oxygen atoms in total. The molecule has 4 N–H and O–H groups in total. The minimum atomic E-state index is -0.348. The summed E-state index contributed by atoms with van der Waals surface area (Å²) in [5.74, 6) is -0.348. The predicted octanol–water partition coefficient (Wildman–Crippen LogP) is 1.34. The molecule has 0 saturated carbocycles. The SMILES string of the molecule is C=C(C)C(=O)OCCC1=CC(N)=C(N)CC1. The fourth-order valence-corrected chi connectivity index (χ4v) is 1.42. The van der Waals surface area contributed by atoms with Gasteiger partial charge in [0, 0.05) is 17.7 Å². The molecule has 1 aliphatic carbocycles. The highest BCUT2D eigenvalue weighted by Gasteiger charge is 2.09. The fourth-order valence-electron chi connectivity index (χ4n) is 1.42. The molecule has 1 rings (SSSR count). The van der Waals surface area contributed by atoms with E-state index in [1.807, 2.05) is 6.08 Å². The second kappa shape index (κ2) is 5.39. The Labute approximate surface area is 95.6 Å². The Morgan fingerprint density at radius 3 is 2.75 bits per heavy atom. The normalized spacial score (nSPS) is 15.7. The number of carbonyl (C=O) groups is 1. The molecule has 4 heteroatoms. The van der Waals surface area contributed by atoms with Crippen LogP contribution in [0.5, 0.6) is 0 Å². The Bertz CT molecular complexity index is 367. The number of hydrogen-bond acceptors (Lipinski definition) is 4. The van der Waals surface area contributed by atoms with Gasteiger partial charge in [0.15, 0.2) is 0 Å². The summed E-state index contributed by atoms with van der Waals surface area (Å²) in [7, 11) is 0. The molecule has 0 aromatic rings. The molecule has 16 heavy (non-hydrogen) atoms. The van der Waals surface area contributed by atoms with Crippen molar-refractivity contribution in [1.29, 1.82) is 0 Å². The van der Waals surface area contributed by atoms with E-state index in [9.17, 15) is 4.79 Å². The summed E-state index contributed by atoms with van der Waals surface area (Å²) in [6.45, 7) is 5.50. The molecule has 0 saturated heterocycles. The molecular formula is C12H18N2O2. The van der Waals surface area contributed by atoms with Gasteiger partial charge >= 0.3 is 5.97 Å². The Hall–Kier alpha value is -1.71. The van der Waals surface area contributed by atoms with Gasteiger partial charge in [0.1, 0.15) is 0 Å². The van der Waals surface area contributed by atoms with Crippen LogP contribution in [0.4, 0.5) is 0 Å². The number of nitrogens with two attached hydrogens (primary N) is 2. The first-order chi connectivity index (χ1) is 7.50. The number of allylic oxidation sites excluding steroid dienone is 2. The van der Waals surface area contributed by atoms with Crippen molar-refractivity contribution in [2.45, 2.75) is 26.2 Å². The van der Waals surface area contributed by atoms with Gasteiger partial charge < -0.3 is 16.2 Å². The lowest BCUT2D eigenvalue weighted by Crippen LogP contribution is -2.14. The molecule has 0 heterocycles. The highest BCUT2D eigenvalue weighted by Crippen LogP contribution is 2.20. The van der Waals surface area contributed by atoms with Gasteiger partial charge in [0.25, 0.3) is 0 Å². The summed E-state index contributed by atoms with van der Waals surface area (Å²) in [4.78, 5) is 11.1. The third kappa shape index (κ3) is 3.46. The van der Waals surface area contributed by atoms with E-state index in [0.29, 0.717) is 24.3 Å². The molecular weight excluding hydrogens is 204 g/mol. The Morgan fingerprint density at radius 2 is 2.19 bits per heavy atom. The smallest absolute Gasteiger partial charge is 0.333 e. The molecule has 0 spiro atoms. The Kier molecular flexibility index (Phi) is 4.17. The first-order valence-corrected chi connectivity index (χ1v) is 5.27. The van der Waals surface area contributed by atoms with Gasteiger partial charge in [-0.2, -0.15) is 0 Å². The molecule has 0 amide bonds. The fraction of sp³-hybridized carbons (Fsp3) is 0.417. The van der Waals surface area contributed by atoms with Crippen molar-refractivity contribution in [2.75, 3.05) is 6.61 Å². The summed E-state index contributed by atoms with van der Waals surface area (Å²) in [6, 6.07) is 0. The first-order valence-electron chi connectivity index (χ1n) is 5.27. The minimum Gasteiger partial charge on any atom is -0.462 e. The van der Waals surface area contributed by atoms with Crippen LogP contribution in [0.3, 0.4) is 0 Å². The zero-order valence-corrected chi connectivity index (χ0v) is 9.58. The highest BCUT2D eigenvalue weighted by molar-refractivity contribution is 5.86. The van der Waals surface area contributed by atoms with E-state index in [-0.39, 0.29) is 5.97 Å². The van der Waals surface area contributed by atoms with Crippen LogP contribution in [-0.4, -0.2) is 12.6 Å². The number of esters is 1. The summed E-state index contributed by atoms with van der Waals surface area (Å²) >= 11 is 0. The molecule has 1 aliphatic rings. The van der Waals surface area contributed by atoms with Crippen molar-refractivity contribution in [3.8, 4) is 0 Å². The maximum atomic E-state index is 11.1. The van der Waals surface area contributed by atoms with E-state index in [0.717, 1.165) is 18.5 Å². The van der Waals surface area contributed by atoms with Crippen molar-refractivity contribution in [3.05, 3.63) is 35.2 Å². The van der Waals surface area contributed by atoms with Crippen molar-refractivity contribution in [1.82, 2.24) is 0 Å². The number of ether oxygens (including phenoxy) is 1. The van der Waals surface area contributed by atoms with Gasteiger partial charge in [-0.25, -0.2) is 4.79 Å². The van der Waals surface area contributed by atoms with E-state index >= 15 is 0 Å². The summed E-state index contributed by atoms with van der Waals surface area (Å²) in [6.07, 6.45) is 4.24. The van der Waals surface area contributed by atoms with Crippen LogP contribution in [0, 0.1) is 0 Å².